The van der Waals surface area contributed by atoms with Gasteiger partial charge in [-0.1, -0.05) is 35.0 Å². The molecule has 0 saturated heterocycles. The molecule has 1 amide bonds. The van der Waals surface area contributed by atoms with Gasteiger partial charge >= 0.3 is 6.09 Å². The molecule has 0 bridgehead atoms. The molecule has 1 atom stereocenters. The van der Waals surface area contributed by atoms with E-state index in [1.165, 1.54) is 0 Å². The number of carboxylic acid groups (broad SMARTS) is 1. The van der Waals surface area contributed by atoms with Crippen molar-refractivity contribution in [2.24, 2.45) is 0 Å². The number of nitrogens with one attached hydrogen (secondary N) is 1. The highest BCUT2D eigenvalue weighted by molar-refractivity contribution is 7.92. The third-order valence-electron chi connectivity index (χ3n) is 4.47. The highest BCUT2D eigenvalue weighted by Crippen LogP contribution is 2.39. The number of hydrogen-bond acceptors (Lipinski definition) is 5. The molecule has 158 valence electrons. The molecule has 1 unspecified atom stereocenters. The Hall–Kier alpha value is -3.04. The van der Waals surface area contributed by atoms with Gasteiger partial charge in [0.05, 0.1) is 12.3 Å². The van der Waals surface area contributed by atoms with Crippen LogP contribution in [0.5, 0.6) is 0 Å². The van der Waals surface area contributed by atoms with Crippen LogP contribution >= 0.6 is 11.6 Å². The molecule has 0 aliphatic heterocycles. The summed E-state index contributed by atoms with van der Waals surface area (Å²) >= 11 is 6.28. The van der Waals surface area contributed by atoms with E-state index in [0.717, 1.165) is 11.2 Å². The van der Waals surface area contributed by atoms with E-state index in [9.17, 15) is 18.3 Å². The third kappa shape index (κ3) is 4.58. The molecule has 0 aliphatic rings. The fourth-order valence-electron chi connectivity index (χ4n) is 3.15. The predicted octanol–water partition coefficient (Wildman–Crippen LogP) is 4.92. The van der Waals surface area contributed by atoms with Gasteiger partial charge in [0.15, 0.2) is 5.76 Å². The van der Waals surface area contributed by atoms with Crippen LogP contribution in [-0.2, 0) is 10.0 Å². The molecule has 10 heteroatoms. The van der Waals surface area contributed by atoms with Gasteiger partial charge < -0.3 is 9.63 Å². The molecule has 2 aromatic carbocycles. The van der Waals surface area contributed by atoms with E-state index in [-0.39, 0.29) is 5.76 Å². The number of benzene rings is 2. The normalized spacial score (nSPS) is 12.4. The van der Waals surface area contributed by atoms with Gasteiger partial charge in [0.25, 0.3) is 0 Å². The summed E-state index contributed by atoms with van der Waals surface area (Å²) in [6.07, 6.45) is -0.134. The molecule has 0 aliphatic carbocycles. The van der Waals surface area contributed by atoms with Gasteiger partial charge in [-0.05, 0) is 49.7 Å². The molecule has 8 nitrogen and oxygen atoms in total. The quantitative estimate of drug-likeness (QED) is 0.552. The monoisotopic (exact) mass is 449 g/mol. The van der Waals surface area contributed by atoms with Crippen LogP contribution in [0.2, 0.25) is 5.02 Å². The first-order valence-corrected chi connectivity index (χ1v) is 11.2. The van der Waals surface area contributed by atoms with E-state index < -0.39 is 22.2 Å². The Balaban J connectivity index is 2.05. The molecule has 0 fully saturated rings. The van der Waals surface area contributed by atoms with Crippen LogP contribution in [-0.4, -0.2) is 31.0 Å². The Bertz CT molecular complexity index is 1180. The van der Waals surface area contributed by atoms with Gasteiger partial charge in [-0.15, -0.1) is 0 Å². The minimum Gasteiger partial charge on any atom is -0.465 e. The number of carbonyl (C=O) groups is 1. The van der Waals surface area contributed by atoms with E-state index in [0.29, 0.717) is 33.2 Å². The zero-order valence-corrected chi connectivity index (χ0v) is 18.0. The lowest BCUT2D eigenvalue weighted by Crippen LogP contribution is -2.33. The van der Waals surface area contributed by atoms with Gasteiger partial charge in [0, 0.05) is 16.3 Å². The standard InChI is InChI=1S/C20H20ClN3O5S/c1-12-18(24(20(25)26)13(2)16-6-4-5-7-17(16)21)19(29-22-12)14-8-10-15(11-9-14)23-30(3,27)28/h4-11,13,23H,1-3H3,(H,25,26). The molecular formula is C20H20ClN3O5S. The number of sulfonamides is 1. The number of aromatic nitrogens is 1. The largest absolute Gasteiger partial charge is 0.465 e. The maximum Gasteiger partial charge on any atom is 0.412 e. The Kier molecular flexibility index (Phi) is 6.04. The second kappa shape index (κ2) is 8.37. The number of nitrogens with zero attached hydrogens (tertiary/aromatic N) is 2. The van der Waals surface area contributed by atoms with Crippen molar-refractivity contribution < 1.29 is 22.8 Å². The minimum absolute atomic E-state index is 0.250. The molecule has 0 saturated carbocycles. The molecular weight excluding hydrogens is 430 g/mol. The van der Waals surface area contributed by atoms with Crippen molar-refractivity contribution >= 4 is 39.1 Å². The van der Waals surface area contributed by atoms with Crippen molar-refractivity contribution in [2.75, 3.05) is 15.9 Å². The first kappa shape index (κ1) is 21.7. The maximum atomic E-state index is 12.2. The van der Waals surface area contributed by atoms with Gasteiger partial charge in [-0.25, -0.2) is 13.2 Å². The highest BCUT2D eigenvalue weighted by atomic mass is 35.5. The van der Waals surface area contributed by atoms with Crippen LogP contribution in [0.15, 0.2) is 53.1 Å². The Morgan fingerprint density at radius 3 is 2.40 bits per heavy atom. The van der Waals surface area contributed by atoms with Crippen molar-refractivity contribution in [3.8, 4) is 11.3 Å². The van der Waals surface area contributed by atoms with Crippen LogP contribution in [0.3, 0.4) is 0 Å². The van der Waals surface area contributed by atoms with Crippen molar-refractivity contribution in [3.05, 3.63) is 64.8 Å². The lowest BCUT2D eigenvalue weighted by molar-refractivity contribution is 0.199. The third-order valence-corrected chi connectivity index (χ3v) is 5.42. The molecule has 3 aromatic rings. The highest BCUT2D eigenvalue weighted by Gasteiger charge is 2.31. The lowest BCUT2D eigenvalue weighted by atomic mass is 10.0. The summed E-state index contributed by atoms with van der Waals surface area (Å²) in [4.78, 5) is 13.4. The number of halogens is 1. The number of hydrogen-bond donors (Lipinski definition) is 2. The Morgan fingerprint density at radius 1 is 1.20 bits per heavy atom. The summed E-state index contributed by atoms with van der Waals surface area (Å²) in [5, 5.41) is 14.4. The second-order valence-electron chi connectivity index (χ2n) is 6.75. The molecule has 0 radical (unpaired) electrons. The second-order valence-corrected chi connectivity index (χ2v) is 8.90. The zero-order chi connectivity index (χ0) is 22.1. The van der Waals surface area contributed by atoms with Gasteiger partial charge in [-0.3, -0.25) is 9.62 Å². The first-order valence-electron chi connectivity index (χ1n) is 8.89. The predicted molar refractivity (Wildman–Crippen MR) is 116 cm³/mol. The smallest absolute Gasteiger partial charge is 0.412 e. The number of aryl methyl sites for hydroxylation is 1. The first-order chi connectivity index (χ1) is 14.1. The van der Waals surface area contributed by atoms with E-state index >= 15 is 0 Å². The van der Waals surface area contributed by atoms with E-state index in [2.05, 4.69) is 9.88 Å². The maximum absolute atomic E-state index is 12.2. The average molecular weight is 450 g/mol. The van der Waals surface area contributed by atoms with E-state index in [1.807, 2.05) is 0 Å². The van der Waals surface area contributed by atoms with Gasteiger partial charge in [-0.2, -0.15) is 0 Å². The summed E-state index contributed by atoms with van der Waals surface area (Å²) in [5.41, 5.74) is 2.24. The van der Waals surface area contributed by atoms with Gasteiger partial charge in [0.1, 0.15) is 11.4 Å². The van der Waals surface area contributed by atoms with Gasteiger partial charge in [0.2, 0.25) is 10.0 Å². The topological polar surface area (TPSA) is 113 Å². The van der Waals surface area contributed by atoms with Crippen molar-refractivity contribution in [1.29, 1.82) is 0 Å². The molecule has 1 aromatic heterocycles. The summed E-state index contributed by atoms with van der Waals surface area (Å²) in [7, 11) is -3.41. The summed E-state index contributed by atoms with van der Waals surface area (Å²) in [6.45, 7) is 3.38. The SMILES string of the molecule is Cc1noc(-c2ccc(NS(C)(=O)=O)cc2)c1N(C(=O)O)C(C)c1ccccc1Cl. The fourth-order valence-corrected chi connectivity index (χ4v) is 4.01. The lowest BCUT2D eigenvalue weighted by Gasteiger charge is -2.27. The van der Waals surface area contributed by atoms with Crippen LogP contribution < -0.4 is 9.62 Å². The minimum atomic E-state index is -3.41. The van der Waals surface area contributed by atoms with Crippen LogP contribution in [0.25, 0.3) is 11.3 Å². The number of amides is 1. The zero-order valence-electron chi connectivity index (χ0n) is 16.5. The molecule has 0 spiro atoms. The average Bonchev–Trinajstić information content (AvgIpc) is 3.02. The van der Waals surface area contributed by atoms with E-state index in [4.69, 9.17) is 16.1 Å². The van der Waals surface area contributed by atoms with Crippen LogP contribution in [0.1, 0.15) is 24.2 Å². The molecule has 1 heterocycles. The molecule has 2 N–H and O–H groups in total. The molecule has 3 rings (SSSR count). The van der Waals surface area contributed by atoms with Crippen molar-refractivity contribution in [2.45, 2.75) is 19.9 Å². The number of anilines is 2. The van der Waals surface area contributed by atoms with E-state index in [1.54, 1.807) is 62.4 Å². The summed E-state index contributed by atoms with van der Waals surface area (Å²) in [6, 6.07) is 12.8. The Morgan fingerprint density at radius 2 is 1.83 bits per heavy atom. The van der Waals surface area contributed by atoms with Crippen LogP contribution in [0, 0.1) is 6.92 Å². The number of rotatable bonds is 6. The Labute approximate surface area is 179 Å². The molecule has 30 heavy (non-hydrogen) atoms. The fraction of sp³-hybridized carbons (Fsp3) is 0.200. The van der Waals surface area contributed by atoms with Crippen LogP contribution in [0.4, 0.5) is 16.2 Å². The summed E-state index contributed by atoms with van der Waals surface area (Å²) in [5.74, 6) is 0.250. The van der Waals surface area contributed by atoms with Crippen molar-refractivity contribution in [3.63, 3.8) is 0 Å². The van der Waals surface area contributed by atoms with Crippen molar-refractivity contribution in [1.82, 2.24) is 5.16 Å². The summed E-state index contributed by atoms with van der Waals surface area (Å²) < 4.78 is 30.6.